The summed E-state index contributed by atoms with van der Waals surface area (Å²) in [4.78, 5) is 27.1. The van der Waals surface area contributed by atoms with Gasteiger partial charge in [-0.05, 0) is 31.2 Å². The van der Waals surface area contributed by atoms with Gasteiger partial charge in [0.15, 0.2) is 5.56 Å². The van der Waals surface area contributed by atoms with Crippen molar-refractivity contribution in [1.82, 2.24) is 15.1 Å². The fourth-order valence-corrected chi connectivity index (χ4v) is 2.21. The van der Waals surface area contributed by atoms with E-state index in [1.165, 1.54) is 12.6 Å². The Hall–Kier alpha value is -0.734. The van der Waals surface area contributed by atoms with E-state index in [-0.39, 0.29) is 64.4 Å². The van der Waals surface area contributed by atoms with Gasteiger partial charge in [0.25, 0.3) is 0 Å². The van der Waals surface area contributed by atoms with E-state index in [2.05, 4.69) is 21.2 Å². The molecule has 3 rings (SSSR count). The van der Waals surface area contributed by atoms with Gasteiger partial charge in [-0.15, -0.1) is 12.2 Å². The van der Waals surface area contributed by atoms with E-state index < -0.39 is 11.2 Å². The van der Waals surface area contributed by atoms with Crippen LogP contribution >= 0.6 is 0 Å². The van der Waals surface area contributed by atoms with E-state index in [4.69, 9.17) is 4.52 Å². The van der Waals surface area contributed by atoms with Crippen molar-refractivity contribution in [3.63, 3.8) is 0 Å². The fraction of sp³-hybridized carbons (Fsp3) is 0.333. The molecule has 0 saturated heterocycles. The summed E-state index contributed by atoms with van der Waals surface area (Å²) < 4.78 is 5.23. The van der Waals surface area contributed by atoms with Crippen LogP contribution in [-0.2, 0) is 0 Å². The van der Waals surface area contributed by atoms with E-state index in [9.17, 15) is 9.59 Å². The predicted molar refractivity (Wildman–Crippen MR) is 78.7 cm³/mol. The van der Waals surface area contributed by atoms with Gasteiger partial charge in [-0.2, -0.15) is 0 Å². The minimum Gasteiger partial charge on any atom is -0.372 e. The molecule has 1 aliphatic rings. The summed E-state index contributed by atoms with van der Waals surface area (Å²) in [6.07, 6.45) is 9.37. The maximum absolute atomic E-state index is 11.6. The summed E-state index contributed by atoms with van der Waals surface area (Å²) in [6.45, 7) is 1.83. The Morgan fingerprint density at radius 3 is 2.73 bits per heavy atom. The molecular weight excluding hydrogens is 309 g/mol. The van der Waals surface area contributed by atoms with E-state index in [1.807, 2.05) is 6.92 Å². The molecule has 7 heteroatoms. The largest absolute Gasteiger partial charge is 1.00 e. The number of aromatic nitrogens is 3. The second-order valence-electron chi connectivity index (χ2n) is 4.94. The third-order valence-corrected chi connectivity index (χ3v) is 3.62. The van der Waals surface area contributed by atoms with Gasteiger partial charge in [0, 0.05) is 0 Å². The van der Waals surface area contributed by atoms with Crippen molar-refractivity contribution >= 4 is 6.08 Å². The van der Waals surface area contributed by atoms with Crippen LogP contribution in [0.3, 0.4) is 0 Å². The molecule has 0 bridgehead atoms. The van der Waals surface area contributed by atoms with Crippen LogP contribution in [0.2, 0.25) is 0 Å². The molecule has 0 amide bonds. The second kappa shape index (κ2) is 8.21. The van der Waals surface area contributed by atoms with Crippen molar-refractivity contribution < 1.29 is 55.9 Å². The Kier molecular flexibility index (Phi) is 7.21. The zero-order valence-electron chi connectivity index (χ0n) is 13.0. The molecule has 1 fully saturated rings. The molecule has 1 aliphatic carbocycles. The number of aromatic amines is 2. The Balaban J connectivity index is 0.00000121. The van der Waals surface area contributed by atoms with Crippen molar-refractivity contribution in [2.75, 3.05) is 0 Å². The molecule has 6 nitrogen and oxygen atoms in total. The molecule has 2 N–H and O–H groups in total. The summed E-state index contributed by atoms with van der Waals surface area (Å²) >= 11 is 0. The molecule has 2 aromatic heterocycles. The first kappa shape index (κ1) is 19.3. The monoisotopic (exact) mass is 326 g/mol. The van der Waals surface area contributed by atoms with Gasteiger partial charge in [-0.3, -0.25) is 0 Å². The third-order valence-electron chi connectivity index (χ3n) is 3.62. The first-order chi connectivity index (χ1) is 9.65. The zero-order chi connectivity index (χ0) is 14.1. The number of rotatable bonds is 3. The molecule has 2 heterocycles. The smallest absolute Gasteiger partial charge is 0.372 e. The number of nitrogens with one attached hydrogen (secondary N) is 2. The van der Waals surface area contributed by atoms with Crippen LogP contribution in [0.5, 0.6) is 0 Å². The maximum Gasteiger partial charge on any atom is 1.00 e. The number of hydrogen-bond donors (Lipinski definition) is 2. The zero-order valence-corrected chi connectivity index (χ0v) is 16.1. The average Bonchev–Trinajstić information content (AvgIpc) is 2.68. The minimum absolute atomic E-state index is 0. The molecule has 0 aliphatic heterocycles. The molecule has 0 radical (unpaired) electrons. The predicted octanol–water partition coefficient (Wildman–Crippen LogP) is -1.05. The van der Waals surface area contributed by atoms with Crippen LogP contribution in [0.25, 0.3) is 6.08 Å². The first-order valence-electron chi connectivity index (χ1n) is 6.53. The molecular formula is C15H17KN3O3-. The van der Waals surface area contributed by atoms with Gasteiger partial charge in [0.2, 0.25) is 0 Å². The van der Waals surface area contributed by atoms with Crippen LogP contribution < -0.4 is 62.6 Å². The van der Waals surface area contributed by atoms with Crippen molar-refractivity contribution in [2.24, 2.45) is 0 Å². The van der Waals surface area contributed by atoms with Gasteiger partial charge in [0.05, 0.1) is 5.69 Å². The van der Waals surface area contributed by atoms with Gasteiger partial charge >= 0.3 is 57.1 Å². The van der Waals surface area contributed by atoms with E-state index in [1.54, 1.807) is 6.08 Å². The summed E-state index contributed by atoms with van der Waals surface area (Å²) in [6, 6.07) is 0. The summed E-state index contributed by atoms with van der Waals surface area (Å²) in [5, 5.41) is 4.10. The summed E-state index contributed by atoms with van der Waals surface area (Å²) in [5.41, 5.74) is 1.08. The number of H-pyrrole nitrogens is 2. The minimum atomic E-state index is -0.531. The SMILES string of the molecule is Cc1onc(C2CCC2)c1C=[C-]c1c[nH]c(=O)[nH]c1=O.[CH3-].[K+]. The van der Waals surface area contributed by atoms with Crippen LogP contribution in [0.15, 0.2) is 20.3 Å². The van der Waals surface area contributed by atoms with Crippen molar-refractivity contribution in [2.45, 2.75) is 32.1 Å². The molecule has 0 spiro atoms. The van der Waals surface area contributed by atoms with Gasteiger partial charge in [-0.25, -0.2) is 4.79 Å². The van der Waals surface area contributed by atoms with Gasteiger partial charge < -0.3 is 26.7 Å². The normalized spacial score (nSPS) is 14.2. The van der Waals surface area contributed by atoms with E-state index in [0.29, 0.717) is 11.7 Å². The van der Waals surface area contributed by atoms with Gasteiger partial charge in [-0.1, -0.05) is 23.3 Å². The second-order valence-corrected chi connectivity index (χ2v) is 4.94. The molecule has 0 unspecified atom stereocenters. The fourth-order valence-electron chi connectivity index (χ4n) is 2.21. The number of hydrogen-bond acceptors (Lipinski definition) is 4. The van der Waals surface area contributed by atoms with Gasteiger partial charge in [0.1, 0.15) is 5.76 Å². The number of nitrogens with zero attached hydrogens (tertiary/aromatic N) is 1. The van der Waals surface area contributed by atoms with E-state index >= 15 is 0 Å². The molecule has 0 aromatic carbocycles. The van der Waals surface area contributed by atoms with Crippen LogP contribution in [0.4, 0.5) is 0 Å². The molecule has 1 saturated carbocycles. The molecule has 112 valence electrons. The first-order valence-corrected chi connectivity index (χ1v) is 6.53. The average molecular weight is 326 g/mol. The van der Waals surface area contributed by atoms with E-state index in [0.717, 1.165) is 24.1 Å². The van der Waals surface area contributed by atoms with Crippen molar-refractivity contribution in [1.29, 1.82) is 0 Å². The Labute approximate surface area is 170 Å². The maximum atomic E-state index is 11.6. The molecule has 2 aromatic rings. The molecule has 22 heavy (non-hydrogen) atoms. The molecule has 0 atom stereocenters. The summed E-state index contributed by atoms with van der Waals surface area (Å²) in [5.74, 6) is 1.15. The third kappa shape index (κ3) is 3.96. The topological polar surface area (TPSA) is 91.8 Å². The van der Waals surface area contributed by atoms with Crippen LogP contribution in [0, 0.1) is 20.4 Å². The van der Waals surface area contributed by atoms with Crippen molar-refractivity contribution in [3.05, 3.63) is 63.1 Å². The number of aryl methyl sites for hydroxylation is 1. The van der Waals surface area contributed by atoms with Crippen LogP contribution in [-0.4, -0.2) is 15.1 Å². The quantitative estimate of drug-likeness (QED) is 0.556. The Morgan fingerprint density at radius 1 is 1.41 bits per heavy atom. The Bertz CT molecular complexity index is 769. The van der Waals surface area contributed by atoms with Crippen molar-refractivity contribution in [3.8, 4) is 0 Å². The van der Waals surface area contributed by atoms with Crippen LogP contribution in [0.1, 0.15) is 47.8 Å². The Morgan fingerprint density at radius 2 is 2.14 bits per heavy atom. The standard InChI is InChI=1S/C14H14N3O3.CH3.K/c1-8-11(12(17-20-8)9-3-2-4-9)6-5-10-7-15-14(19)16-13(10)18;;/h6-7,9H,2-4H2,1H3,(H2,15,16,18,19);1H3;/q2*-1;+1. The summed E-state index contributed by atoms with van der Waals surface area (Å²) in [7, 11) is 0.